The molecule has 0 aliphatic carbocycles. The van der Waals surface area contributed by atoms with E-state index in [0.717, 1.165) is 0 Å². The fourth-order valence-corrected chi connectivity index (χ4v) is 3.96. The van der Waals surface area contributed by atoms with Gasteiger partial charge in [0.1, 0.15) is 27.9 Å². The molecule has 2 aliphatic heterocycles. The van der Waals surface area contributed by atoms with Crippen LogP contribution in [0.3, 0.4) is 0 Å². The molecular formula is C23H28N2O6. The monoisotopic (exact) mass is 428 g/mol. The average molecular weight is 428 g/mol. The predicted octanol–water partition coefficient (Wildman–Crippen LogP) is 3.04. The van der Waals surface area contributed by atoms with Gasteiger partial charge in [0.05, 0.1) is 6.61 Å². The van der Waals surface area contributed by atoms with Crippen LogP contribution >= 0.6 is 0 Å². The molecule has 1 aromatic rings. The molecule has 0 radical (unpaired) electrons. The molecule has 0 aromatic heterocycles. The van der Waals surface area contributed by atoms with Crippen LogP contribution in [-0.4, -0.2) is 30.1 Å². The SMILES string of the molecule is CCCC1=C(C(=O)OCC)[C@@]2(C(=O)Nc3ccccc32)C(C(=O)OC(C)(C)C)=C(N)O1. The van der Waals surface area contributed by atoms with Crippen molar-refractivity contribution in [2.24, 2.45) is 5.73 Å². The molecule has 2 aliphatic rings. The van der Waals surface area contributed by atoms with Gasteiger partial charge in [0.15, 0.2) is 0 Å². The van der Waals surface area contributed by atoms with E-state index in [1.165, 1.54) is 0 Å². The van der Waals surface area contributed by atoms with Crippen molar-refractivity contribution in [3.63, 3.8) is 0 Å². The maximum atomic E-state index is 13.6. The van der Waals surface area contributed by atoms with E-state index in [4.69, 9.17) is 19.9 Å². The topological polar surface area (TPSA) is 117 Å². The molecule has 1 atom stereocenters. The zero-order valence-corrected chi connectivity index (χ0v) is 18.5. The minimum Gasteiger partial charge on any atom is -0.462 e. The number of ether oxygens (including phenoxy) is 3. The zero-order valence-electron chi connectivity index (χ0n) is 18.5. The number of esters is 2. The highest BCUT2D eigenvalue weighted by atomic mass is 16.6. The summed E-state index contributed by atoms with van der Waals surface area (Å²) in [6.45, 7) is 8.75. The highest BCUT2D eigenvalue weighted by molar-refractivity contribution is 6.21. The number of hydrogen-bond acceptors (Lipinski definition) is 7. The summed E-state index contributed by atoms with van der Waals surface area (Å²) in [7, 11) is 0. The van der Waals surface area contributed by atoms with Gasteiger partial charge in [-0.2, -0.15) is 0 Å². The Labute approximate surface area is 181 Å². The number of fused-ring (bicyclic) bond motifs is 2. The highest BCUT2D eigenvalue weighted by Crippen LogP contribution is 2.53. The number of rotatable bonds is 5. The first-order valence-corrected chi connectivity index (χ1v) is 10.3. The lowest BCUT2D eigenvalue weighted by molar-refractivity contribution is -0.152. The first-order chi connectivity index (χ1) is 14.6. The molecule has 1 spiro atoms. The number of amides is 1. The van der Waals surface area contributed by atoms with Crippen LogP contribution in [0.4, 0.5) is 5.69 Å². The molecule has 0 bridgehead atoms. The maximum absolute atomic E-state index is 13.6. The lowest BCUT2D eigenvalue weighted by atomic mass is 9.67. The van der Waals surface area contributed by atoms with Crippen molar-refractivity contribution in [1.29, 1.82) is 0 Å². The predicted molar refractivity (Wildman–Crippen MR) is 113 cm³/mol. The highest BCUT2D eigenvalue weighted by Gasteiger charge is 2.62. The van der Waals surface area contributed by atoms with E-state index in [-0.39, 0.29) is 29.4 Å². The molecule has 1 amide bonds. The minimum absolute atomic E-state index is 0.0475. The van der Waals surface area contributed by atoms with Gasteiger partial charge in [-0.15, -0.1) is 0 Å². The summed E-state index contributed by atoms with van der Waals surface area (Å²) in [4.78, 5) is 40.1. The van der Waals surface area contributed by atoms with Crippen LogP contribution in [0.2, 0.25) is 0 Å². The van der Waals surface area contributed by atoms with Crippen molar-refractivity contribution in [1.82, 2.24) is 0 Å². The normalized spacial score (nSPS) is 20.4. The first kappa shape index (κ1) is 22.4. The third kappa shape index (κ3) is 3.66. The summed E-state index contributed by atoms with van der Waals surface area (Å²) in [5.74, 6) is -2.23. The van der Waals surface area contributed by atoms with E-state index >= 15 is 0 Å². The quantitative estimate of drug-likeness (QED) is 0.692. The van der Waals surface area contributed by atoms with Crippen LogP contribution < -0.4 is 11.1 Å². The van der Waals surface area contributed by atoms with Crippen LogP contribution in [0.15, 0.2) is 47.1 Å². The first-order valence-electron chi connectivity index (χ1n) is 10.3. The zero-order chi connectivity index (χ0) is 23.0. The van der Waals surface area contributed by atoms with Gasteiger partial charge in [-0.25, -0.2) is 9.59 Å². The van der Waals surface area contributed by atoms with Crippen LogP contribution in [0.25, 0.3) is 0 Å². The molecule has 3 N–H and O–H groups in total. The number of benzene rings is 1. The fraction of sp³-hybridized carbons (Fsp3) is 0.435. The number of carbonyl (C=O) groups is 3. The second-order valence-electron chi connectivity index (χ2n) is 8.36. The molecule has 31 heavy (non-hydrogen) atoms. The number of hydrogen-bond donors (Lipinski definition) is 2. The molecule has 3 rings (SSSR count). The van der Waals surface area contributed by atoms with Gasteiger partial charge in [-0.3, -0.25) is 4.79 Å². The Morgan fingerprint density at radius 3 is 2.42 bits per heavy atom. The molecular weight excluding hydrogens is 400 g/mol. The lowest BCUT2D eigenvalue weighted by Gasteiger charge is -2.37. The van der Waals surface area contributed by atoms with Gasteiger partial charge in [0, 0.05) is 17.7 Å². The number of anilines is 1. The Balaban J connectivity index is 2.38. The van der Waals surface area contributed by atoms with Crippen molar-refractivity contribution < 1.29 is 28.6 Å². The van der Waals surface area contributed by atoms with E-state index in [1.807, 2.05) is 6.92 Å². The standard InChI is InChI=1S/C23H28N2O6/c1-6-10-15-16(19(26)29-7-2)23(13-11-8-9-12-14(13)25-21(23)28)17(18(24)30-15)20(27)31-22(3,4)5/h8-9,11-12H,6-7,10,24H2,1-5H3,(H,25,28)/t23-/m1/s1. The van der Waals surface area contributed by atoms with Gasteiger partial charge >= 0.3 is 11.9 Å². The summed E-state index contributed by atoms with van der Waals surface area (Å²) >= 11 is 0. The van der Waals surface area contributed by atoms with E-state index in [2.05, 4.69) is 5.32 Å². The molecule has 8 nitrogen and oxygen atoms in total. The van der Waals surface area contributed by atoms with Crippen molar-refractivity contribution in [3.05, 3.63) is 52.6 Å². The molecule has 8 heteroatoms. The average Bonchev–Trinajstić information content (AvgIpc) is 2.93. The Kier molecular flexibility index (Phi) is 5.85. The molecule has 166 valence electrons. The van der Waals surface area contributed by atoms with E-state index < -0.39 is 28.9 Å². The summed E-state index contributed by atoms with van der Waals surface area (Å²) in [6.07, 6.45) is 0.945. The van der Waals surface area contributed by atoms with E-state index in [9.17, 15) is 14.4 Å². The van der Waals surface area contributed by atoms with Crippen LogP contribution in [-0.2, 0) is 34.0 Å². The van der Waals surface area contributed by atoms with Gasteiger partial charge in [0.25, 0.3) is 0 Å². The molecule has 1 aromatic carbocycles. The largest absolute Gasteiger partial charge is 0.462 e. The Hall–Kier alpha value is -3.29. The third-order valence-electron chi connectivity index (χ3n) is 4.99. The van der Waals surface area contributed by atoms with Gasteiger partial charge < -0.3 is 25.3 Å². The van der Waals surface area contributed by atoms with Crippen molar-refractivity contribution in [2.45, 2.75) is 58.5 Å². The number of carbonyl (C=O) groups excluding carboxylic acids is 3. The number of nitrogens with two attached hydrogens (primary N) is 1. The van der Waals surface area contributed by atoms with E-state index in [1.54, 1.807) is 52.0 Å². The number of allylic oxidation sites excluding steroid dienone is 1. The van der Waals surface area contributed by atoms with E-state index in [0.29, 0.717) is 24.1 Å². The van der Waals surface area contributed by atoms with Crippen LogP contribution in [0.5, 0.6) is 0 Å². The Morgan fingerprint density at radius 1 is 1.13 bits per heavy atom. The lowest BCUT2D eigenvalue weighted by Crippen LogP contribution is -2.49. The van der Waals surface area contributed by atoms with Crippen molar-refractivity contribution >= 4 is 23.5 Å². The second-order valence-corrected chi connectivity index (χ2v) is 8.36. The molecule has 0 saturated carbocycles. The molecule has 0 unspecified atom stereocenters. The van der Waals surface area contributed by atoms with Crippen LogP contribution in [0.1, 0.15) is 53.0 Å². The third-order valence-corrected chi connectivity index (χ3v) is 4.99. The summed E-state index contributed by atoms with van der Waals surface area (Å²) in [6, 6.07) is 6.85. The maximum Gasteiger partial charge on any atom is 0.341 e. The van der Waals surface area contributed by atoms with Crippen molar-refractivity contribution in [3.8, 4) is 0 Å². The molecule has 0 saturated heterocycles. The van der Waals surface area contributed by atoms with Gasteiger partial charge in [0.2, 0.25) is 11.8 Å². The molecule has 2 heterocycles. The summed E-state index contributed by atoms with van der Waals surface area (Å²) < 4.78 is 16.6. The minimum atomic E-state index is -1.84. The summed E-state index contributed by atoms with van der Waals surface area (Å²) in [5.41, 5.74) is 4.14. The van der Waals surface area contributed by atoms with Gasteiger partial charge in [-0.1, -0.05) is 25.1 Å². The second kappa shape index (κ2) is 8.09. The number of nitrogens with one attached hydrogen (secondary N) is 1. The smallest absolute Gasteiger partial charge is 0.341 e. The van der Waals surface area contributed by atoms with Gasteiger partial charge in [-0.05, 0) is 40.2 Å². The Bertz CT molecular complexity index is 1000. The molecule has 0 fully saturated rings. The van der Waals surface area contributed by atoms with Crippen LogP contribution in [0, 0.1) is 0 Å². The summed E-state index contributed by atoms with van der Waals surface area (Å²) in [5, 5.41) is 2.78. The Morgan fingerprint density at radius 2 is 1.81 bits per heavy atom. The number of para-hydroxylation sites is 1. The van der Waals surface area contributed by atoms with Crippen molar-refractivity contribution in [2.75, 3.05) is 11.9 Å². The fourth-order valence-electron chi connectivity index (χ4n) is 3.96.